The first-order chi connectivity index (χ1) is 16.2. The molecule has 1 amide bonds. The van der Waals surface area contributed by atoms with Gasteiger partial charge in [-0.2, -0.15) is 5.10 Å². The molecular weight excluding hydrogens is 408 g/mol. The zero-order valence-electron chi connectivity index (χ0n) is 19.2. The second-order valence-corrected chi connectivity index (χ2v) is 10.9. The van der Waals surface area contributed by atoms with Gasteiger partial charge in [0.1, 0.15) is 0 Å². The van der Waals surface area contributed by atoms with E-state index in [1.165, 1.54) is 81.0 Å². The van der Waals surface area contributed by atoms with E-state index in [0.717, 1.165) is 29.1 Å². The highest BCUT2D eigenvalue weighted by Gasteiger charge is 2.49. The second kappa shape index (κ2) is 7.42. The summed E-state index contributed by atoms with van der Waals surface area (Å²) in [7, 11) is 0. The van der Waals surface area contributed by atoms with Gasteiger partial charge in [-0.05, 0) is 72.6 Å². The van der Waals surface area contributed by atoms with E-state index in [1.807, 2.05) is 24.4 Å². The van der Waals surface area contributed by atoms with Crippen LogP contribution in [0.2, 0.25) is 0 Å². The molecule has 3 heterocycles. The number of amides is 1. The molecule has 33 heavy (non-hydrogen) atoms. The third-order valence-electron chi connectivity index (χ3n) is 9.20. The molecule has 2 aliphatic heterocycles. The predicted octanol–water partition coefficient (Wildman–Crippen LogP) is 5.55. The molecule has 3 fully saturated rings. The quantitative estimate of drug-likeness (QED) is 0.578. The highest BCUT2D eigenvalue weighted by atomic mass is 16.1. The van der Waals surface area contributed by atoms with Gasteiger partial charge in [-0.3, -0.25) is 14.4 Å². The van der Waals surface area contributed by atoms with E-state index in [9.17, 15) is 4.79 Å². The van der Waals surface area contributed by atoms with Crippen LogP contribution in [0.4, 0.5) is 5.69 Å². The third-order valence-corrected chi connectivity index (χ3v) is 9.20. The first-order valence-corrected chi connectivity index (χ1v) is 12.8. The monoisotopic (exact) mass is 440 g/mol. The third kappa shape index (κ3) is 3.08. The molecule has 1 saturated heterocycles. The SMILES string of the molecule is O=C1Nc2ccc(Cc3cnn(C4CCN(C5CCCC56CCC6)CC4)c3)c3cccc1c23. The van der Waals surface area contributed by atoms with Gasteiger partial charge in [0.15, 0.2) is 0 Å². The summed E-state index contributed by atoms with van der Waals surface area (Å²) >= 11 is 0. The molecule has 2 saturated carbocycles. The Morgan fingerprint density at radius 2 is 1.88 bits per heavy atom. The first-order valence-electron chi connectivity index (χ1n) is 12.8. The molecule has 1 atom stereocenters. The molecule has 1 spiro atoms. The molecule has 1 aromatic heterocycles. The van der Waals surface area contributed by atoms with Crippen molar-refractivity contribution in [2.45, 2.75) is 69.9 Å². The summed E-state index contributed by atoms with van der Waals surface area (Å²) in [4.78, 5) is 15.1. The van der Waals surface area contributed by atoms with Crippen molar-refractivity contribution in [2.75, 3.05) is 18.4 Å². The maximum absolute atomic E-state index is 12.2. The van der Waals surface area contributed by atoms with Crippen LogP contribution in [0.5, 0.6) is 0 Å². The summed E-state index contributed by atoms with van der Waals surface area (Å²) in [5, 5.41) is 10.0. The minimum atomic E-state index is 0.00717. The standard InChI is InChI=1S/C28H32N4O/c33-27-23-5-1-4-22-20(7-8-24(30-27)26(22)23)16-19-17-29-32(18-19)21-9-14-31(15-10-21)25-6-2-11-28(25)12-3-13-28/h1,4-5,7-8,17-18,21,25H,2-3,6,9-16H2,(H,30,33). The van der Waals surface area contributed by atoms with Gasteiger partial charge in [0.25, 0.3) is 5.91 Å². The molecule has 170 valence electrons. The number of likely N-dealkylation sites (tertiary alicyclic amines) is 1. The Balaban J connectivity index is 1.06. The fraction of sp³-hybridized carbons (Fsp3) is 0.500. The second-order valence-electron chi connectivity index (χ2n) is 10.9. The van der Waals surface area contributed by atoms with Gasteiger partial charge in [-0.15, -0.1) is 0 Å². The van der Waals surface area contributed by atoms with Crippen LogP contribution in [-0.4, -0.2) is 39.7 Å². The van der Waals surface area contributed by atoms with Crippen LogP contribution in [0.1, 0.15) is 78.9 Å². The Morgan fingerprint density at radius 1 is 1.03 bits per heavy atom. The predicted molar refractivity (Wildman–Crippen MR) is 131 cm³/mol. The number of benzene rings is 2. The summed E-state index contributed by atoms with van der Waals surface area (Å²) < 4.78 is 2.23. The van der Waals surface area contributed by atoms with Crippen LogP contribution in [0.15, 0.2) is 42.7 Å². The Hall–Kier alpha value is -2.66. The number of carbonyl (C=O) groups excluding carboxylic acids is 1. The lowest BCUT2D eigenvalue weighted by molar-refractivity contribution is 0.00573. The van der Waals surface area contributed by atoms with Gasteiger partial charge < -0.3 is 5.32 Å². The van der Waals surface area contributed by atoms with E-state index >= 15 is 0 Å². The lowest BCUT2D eigenvalue weighted by Crippen LogP contribution is -2.50. The number of piperidine rings is 1. The summed E-state index contributed by atoms with van der Waals surface area (Å²) in [6.45, 7) is 2.45. The lowest BCUT2D eigenvalue weighted by atomic mass is 9.64. The summed E-state index contributed by atoms with van der Waals surface area (Å²) in [5.41, 5.74) is 4.92. The normalized spacial score (nSPS) is 24.5. The smallest absolute Gasteiger partial charge is 0.256 e. The Morgan fingerprint density at radius 3 is 2.70 bits per heavy atom. The average molecular weight is 441 g/mol. The first kappa shape index (κ1) is 19.8. The Kier molecular flexibility index (Phi) is 4.45. The summed E-state index contributed by atoms with van der Waals surface area (Å²) in [6.07, 6.45) is 16.3. The van der Waals surface area contributed by atoms with Gasteiger partial charge in [0.2, 0.25) is 0 Å². The molecule has 5 heteroatoms. The molecule has 1 unspecified atom stereocenters. The van der Waals surface area contributed by atoms with Crippen molar-refractivity contribution in [3.63, 3.8) is 0 Å². The van der Waals surface area contributed by atoms with Gasteiger partial charge >= 0.3 is 0 Å². The fourth-order valence-corrected chi connectivity index (χ4v) is 7.36. The number of anilines is 1. The molecule has 7 rings (SSSR count). The Bertz CT molecular complexity index is 1230. The zero-order chi connectivity index (χ0) is 22.0. The van der Waals surface area contributed by atoms with Crippen LogP contribution in [0, 0.1) is 5.41 Å². The van der Waals surface area contributed by atoms with Crippen LogP contribution >= 0.6 is 0 Å². The van der Waals surface area contributed by atoms with Crippen molar-refractivity contribution >= 4 is 22.4 Å². The number of nitrogens with zero attached hydrogens (tertiary/aromatic N) is 3. The van der Waals surface area contributed by atoms with E-state index in [1.54, 1.807) is 0 Å². The summed E-state index contributed by atoms with van der Waals surface area (Å²) in [6, 6.07) is 11.6. The van der Waals surface area contributed by atoms with E-state index in [2.05, 4.69) is 33.2 Å². The molecule has 4 aliphatic rings. The van der Waals surface area contributed by atoms with E-state index in [0.29, 0.717) is 11.5 Å². The number of rotatable bonds is 4. The minimum Gasteiger partial charge on any atom is -0.321 e. The van der Waals surface area contributed by atoms with Crippen LogP contribution in [-0.2, 0) is 6.42 Å². The van der Waals surface area contributed by atoms with Gasteiger partial charge in [0, 0.05) is 48.4 Å². The lowest BCUT2D eigenvalue weighted by Gasteiger charge is -2.49. The summed E-state index contributed by atoms with van der Waals surface area (Å²) in [5.74, 6) is 0.00717. The largest absolute Gasteiger partial charge is 0.321 e. The number of hydrogen-bond acceptors (Lipinski definition) is 3. The van der Waals surface area contributed by atoms with Crippen molar-refractivity contribution in [1.82, 2.24) is 14.7 Å². The topological polar surface area (TPSA) is 50.2 Å². The highest BCUT2D eigenvalue weighted by Crippen LogP contribution is 2.55. The highest BCUT2D eigenvalue weighted by molar-refractivity contribution is 6.24. The molecule has 2 aromatic carbocycles. The van der Waals surface area contributed by atoms with E-state index in [4.69, 9.17) is 5.10 Å². The molecule has 2 aliphatic carbocycles. The fourth-order valence-electron chi connectivity index (χ4n) is 7.36. The van der Waals surface area contributed by atoms with Crippen molar-refractivity contribution in [2.24, 2.45) is 5.41 Å². The van der Waals surface area contributed by atoms with Crippen molar-refractivity contribution in [3.05, 3.63) is 59.4 Å². The van der Waals surface area contributed by atoms with E-state index in [-0.39, 0.29) is 5.91 Å². The zero-order valence-corrected chi connectivity index (χ0v) is 19.2. The maximum atomic E-state index is 12.2. The van der Waals surface area contributed by atoms with Gasteiger partial charge in [-0.1, -0.05) is 31.0 Å². The number of nitrogens with one attached hydrogen (secondary N) is 1. The molecule has 1 N–H and O–H groups in total. The minimum absolute atomic E-state index is 0.00717. The van der Waals surface area contributed by atoms with Gasteiger partial charge in [-0.25, -0.2) is 0 Å². The van der Waals surface area contributed by atoms with E-state index < -0.39 is 0 Å². The Labute approximate surface area is 195 Å². The number of carbonyl (C=O) groups is 1. The van der Waals surface area contributed by atoms with Crippen molar-refractivity contribution < 1.29 is 4.79 Å². The van der Waals surface area contributed by atoms with Crippen LogP contribution < -0.4 is 5.32 Å². The maximum Gasteiger partial charge on any atom is 0.256 e. The molecular formula is C28H32N4O. The van der Waals surface area contributed by atoms with Crippen LogP contribution in [0.25, 0.3) is 10.8 Å². The number of aromatic nitrogens is 2. The molecule has 3 aromatic rings. The van der Waals surface area contributed by atoms with Crippen LogP contribution in [0.3, 0.4) is 0 Å². The molecule has 0 radical (unpaired) electrons. The molecule has 5 nitrogen and oxygen atoms in total. The average Bonchev–Trinajstić information content (AvgIpc) is 3.54. The number of hydrogen-bond donors (Lipinski definition) is 1. The van der Waals surface area contributed by atoms with Gasteiger partial charge in [0.05, 0.1) is 12.2 Å². The molecule has 0 bridgehead atoms. The van der Waals surface area contributed by atoms with Crippen molar-refractivity contribution in [3.8, 4) is 0 Å². The van der Waals surface area contributed by atoms with Crippen molar-refractivity contribution in [1.29, 1.82) is 0 Å².